The second kappa shape index (κ2) is 7.31. The highest BCUT2D eigenvalue weighted by Crippen LogP contribution is 2.38. The van der Waals surface area contributed by atoms with Crippen molar-refractivity contribution in [3.63, 3.8) is 0 Å². The van der Waals surface area contributed by atoms with E-state index in [-0.39, 0.29) is 34.6 Å². The van der Waals surface area contributed by atoms with E-state index in [4.69, 9.17) is 0 Å². The van der Waals surface area contributed by atoms with Gasteiger partial charge in [-0.25, -0.2) is 0 Å². The highest BCUT2D eigenvalue weighted by molar-refractivity contribution is 8.00. The Morgan fingerprint density at radius 3 is 2.33 bits per heavy atom. The molecule has 3 radical (unpaired) electrons. The monoisotopic (exact) mass is 271 g/mol. The maximum atomic E-state index is 12.0. The normalized spacial score (nSPS) is 20.7. The minimum atomic E-state index is -0.468. The lowest BCUT2D eigenvalue weighted by atomic mass is 9.91. The Balaban J connectivity index is 0. The van der Waals surface area contributed by atoms with Crippen LogP contribution in [0.1, 0.15) is 24.2 Å². The van der Waals surface area contributed by atoms with Crippen LogP contribution in [0.2, 0.25) is 0 Å². The van der Waals surface area contributed by atoms with Crippen molar-refractivity contribution in [2.45, 2.75) is 24.0 Å². The van der Waals surface area contributed by atoms with Gasteiger partial charge in [0.2, 0.25) is 0 Å². The van der Waals surface area contributed by atoms with E-state index in [2.05, 4.69) is 0 Å². The van der Waals surface area contributed by atoms with Crippen molar-refractivity contribution in [3.05, 3.63) is 29.8 Å². The van der Waals surface area contributed by atoms with E-state index in [9.17, 15) is 9.59 Å². The molecule has 0 spiro atoms. The molecule has 1 aliphatic rings. The van der Waals surface area contributed by atoms with E-state index in [1.165, 1.54) is 6.92 Å². The predicted octanol–water partition coefficient (Wildman–Crippen LogP) is 2.49. The van der Waals surface area contributed by atoms with Crippen LogP contribution in [0.4, 0.5) is 9.41 Å². The Morgan fingerprint density at radius 1 is 1.22 bits per heavy atom. The van der Waals surface area contributed by atoms with Crippen LogP contribution in [-0.4, -0.2) is 25.2 Å². The summed E-state index contributed by atoms with van der Waals surface area (Å²) in [6, 6.07) is 7.49. The average molecular weight is 271 g/mol. The fourth-order valence-corrected chi connectivity index (χ4v) is 3.24. The van der Waals surface area contributed by atoms with E-state index in [0.29, 0.717) is 5.56 Å². The number of benzene rings is 1. The summed E-state index contributed by atoms with van der Waals surface area (Å²) >= 11 is 1.61. The number of fused-ring (bicyclic) bond motifs is 1. The second-order valence-corrected chi connectivity index (χ2v) is 5.19. The third-order valence-corrected chi connectivity index (χ3v) is 3.91. The summed E-state index contributed by atoms with van der Waals surface area (Å²) in [5.74, 6) is -0.524. The number of ketones is 2. The average Bonchev–Trinajstić information content (AvgIpc) is 2.17. The van der Waals surface area contributed by atoms with Gasteiger partial charge in [0, 0.05) is 24.1 Å². The third-order valence-electron chi connectivity index (χ3n) is 2.66. The lowest BCUT2D eigenvalue weighted by molar-refractivity contribution is -0.119. The van der Waals surface area contributed by atoms with Gasteiger partial charge in [0.15, 0.2) is 5.78 Å². The molecule has 18 heavy (non-hydrogen) atoms. The highest BCUT2D eigenvalue weighted by atomic mass is 32.2. The minimum Gasteiger partial charge on any atom is -0.299 e. The molecule has 0 amide bonds. The van der Waals surface area contributed by atoms with Crippen LogP contribution < -0.4 is 0 Å². The third kappa shape index (κ3) is 3.19. The van der Waals surface area contributed by atoms with Crippen LogP contribution in [-0.2, 0) is 4.79 Å². The van der Waals surface area contributed by atoms with Gasteiger partial charge in [0.1, 0.15) is 5.78 Å². The van der Waals surface area contributed by atoms with Gasteiger partial charge in [0.05, 0.1) is 5.92 Å². The number of carbonyl (C=O) groups excluding carboxylic acids is 2. The molecule has 0 aromatic heterocycles. The fourth-order valence-electron chi connectivity index (χ4n) is 1.94. The molecule has 2 nitrogen and oxygen atoms in total. The summed E-state index contributed by atoms with van der Waals surface area (Å²) in [5.41, 5.74) is 0.695. The summed E-state index contributed by atoms with van der Waals surface area (Å²) in [6.45, 7) is 3.43. The molecule has 1 aromatic rings. The zero-order valence-corrected chi connectivity index (χ0v) is 10.9. The molecule has 1 aliphatic heterocycles. The van der Waals surface area contributed by atoms with Crippen molar-refractivity contribution in [2.24, 2.45) is 5.92 Å². The van der Waals surface area contributed by atoms with Crippen LogP contribution >= 0.6 is 11.8 Å². The number of hydrogen-bond acceptors (Lipinski definition) is 3. The zero-order valence-electron chi connectivity index (χ0n) is 10.1. The molecule has 0 aliphatic carbocycles. The largest absolute Gasteiger partial charge is 0.299 e. The number of thioether (sulfide) groups is 1. The standard InChI is InChI=1S/C12H12O2S.B.2FH/c1-7(13)11-8(2)15-10-6-4-3-5-9(10)12(11)14;;;/h3-6,8,11H,1-2H3;;2*1H. The van der Waals surface area contributed by atoms with Crippen molar-refractivity contribution in [2.75, 3.05) is 0 Å². The minimum absolute atomic E-state index is 0. The highest BCUT2D eigenvalue weighted by Gasteiger charge is 2.36. The summed E-state index contributed by atoms with van der Waals surface area (Å²) in [5, 5.41) is 0.0462. The molecule has 0 saturated heterocycles. The van der Waals surface area contributed by atoms with Gasteiger partial charge in [0.25, 0.3) is 0 Å². The van der Waals surface area contributed by atoms with E-state index < -0.39 is 5.92 Å². The first-order valence-electron chi connectivity index (χ1n) is 4.91. The van der Waals surface area contributed by atoms with Crippen LogP contribution in [0.15, 0.2) is 29.2 Å². The van der Waals surface area contributed by atoms with Crippen molar-refractivity contribution in [1.82, 2.24) is 0 Å². The molecule has 2 atom stereocenters. The Kier molecular flexibility index (Phi) is 7.79. The fraction of sp³-hybridized carbons (Fsp3) is 0.333. The maximum Gasteiger partial charge on any atom is 0.175 e. The first-order chi connectivity index (χ1) is 7.11. The number of rotatable bonds is 1. The van der Waals surface area contributed by atoms with E-state index in [1.807, 2.05) is 25.1 Å². The molecule has 1 heterocycles. The van der Waals surface area contributed by atoms with Gasteiger partial charge in [-0.2, -0.15) is 0 Å². The van der Waals surface area contributed by atoms with E-state index in [0.717, 1.165) is 4.90 Å². The van der Waals surface area contributed by atoms with Crippen molar-refractivity contribution < 1.29 is 19.0 Å². The SMILES string of the molecule is CC(=O)C1C(=O)c2ccccc2SC1C.F.F.[B]. The van der Waals surface area contributed by atoms with Gasteiger partial charge in [-0.3, -0.25) is 19.0 Å². The molecule has 2 rings (SSSR count). The first kappa shape index (κ1) is 19.2. The molecule has 97 valence electrons. The van der Waals surface area contributed by atoms with Gasteiger partial charge in [-0.05, 0) is 13.0 Å². The molecular formula is C12H14BF2O2S. The Bertz CT molecular complexity index is 440. The van der Waals surface area contributed by atoms with Gasteiger partial charge in [-0.15, -0.1) is 11.8 Å². The number of carbonyl (C=O) groups is 2. The molecule has 0 bridgehead atoms. The summed E-state index contributed by atoms with van der Waals surface area (Å²) in [4.78, 5) is 24.4. The van der Waals surface area contributed by atoms with Gasteiger partial charge < -0.3 is 0 Å². The predicted molar refractivity (Wildman–Crippen MR) is 71.0 cm³/mol. The Morgan fingerprint density at radius 2 is 1.78 bits per heavy atom. The molecule has 0 fully saturated rings. The molecule has 1 aromatic carbocycles. The Hall–Kier alpha value is -1.17. The smallest absolute Gasteiger partial charge is 0.175 e. The van der Waals surface area contributed by atoms with Crippen LogP contribution in [0.5, 0.6) is 0 Å². The Labute approximate surface area is 111 Å². The first-order valence-corrected chi connectivity index (χ1v) is 5.79. The second-order valence-electron chi connectivity index (χ2n) is 3.77. The molecule has 0 N–H and O–H groups in total. The molecule has 0 saturated carbocycles. The van der Waals surface area contributed by atoms with Crippen molar-refractivity contribution in [3.8, 4) is 0 Å². The van der Waals surface area contributed by atoms with Gasteiger partial charge >= 0.3 is 0 Å². The van der Waals surface area contributed by atoms with E-state index in [1.54, 1.807) is 17.8 Å². The molecule has 6 heteroatoms. The van der Waals surface area contributed by atoms with Crippen LogP contribution in [0.3, 0.4) is 0 Å². The van der Waals surface area contributed by atoms with Crippen molar-refractivity contribution >= 4 is 31.7 Å². The quantitative estimate of drug-likeness (QED) is 0.581. The summed E-state index contributed by atoms with van der Waals surface area (Å²) in [7, 11) is 0. The van der Waals surface area contributed by atoms with Gasteiger partial charge in [-0.1, -0.05) is 25.1 Å². The summed E-state index contributed by atoms with van der Waals surface area (Å²) < 4.78 is 0. The number of hydrogen-bond donors (Lipinski definition) is 0. The topological polar surface area (TPSA) is 34.1 Å². The number of halogens is 2. The van der Waals surface area contributed by atoms with Crippen LogP contribution in [0, 0.1) is 5.92 Å². The van der Waals surface area contributed by atoms with E-state index >= 15 is 0 Å². The number of Topliss-reactive ketones (excluding diaryl/α,β-unsaturated/α-hetero) is 2. The lowest BCUT2D eigenvalue weighted by Gasteiger charge is -2.26. The maximum absolute atomic E-state index is 12.0. The van der Waals surface area contributed by atoms with Crippen molar-refractivity contribution in [1.29, 1.82) is 0 Å². The molecule has 2 unspecified atom stereocenters. The summed E-state index contributed by atoms with van der Waals surface area (Å²) in [6.07, 6.45) is 0. The zero-order chi connectivity index (χ0) is 11.0. The van der Waals surface area contributed by atoms with Crippen LogP contribution in [0.25, 0.3) is 0 Å². The molecular weight excluding hydrogens is 257 g/mol. The lowest BCUT2D eigenvalue weighted by Crippen LogP contribution is -2.33.